The molecular weight excluding hydrogens is 258 g/mol. The maximum atomic E-state index is 12.1. The van der Waals surface area contributed by atoms with Crippen LogP contribution in [0.5, 0.6) is 0 Å². The molecule has 6 heteroatoms. The molecule has 1 unspecified atom stereocenters. The second-order valence-electron chi connectivity index (χ2n) is 5.13. The van der Waals surface area contributed by atoms with Gasteiger partial charge in [-0.05, 0) is 31.9 Å². The van der Waals surface area contributed by atoms with E-state index in [4.69, 9.17) is 0 Å². The van der Waals surface area contributed by atoms with E-state index in [0.717, 1.165) is 24.9 Å². The number of nitrogens with one attached hydrogen (secondary N) is 2. The van der Waals surface area contributed by atoms with Crippen LogP contribution in [0.3, 0.4) is 0 Å². The number of nitrogens with zero attached hydrogens (tertiary/aromatic N) is 1. The summed E-state index contributed by atoms with van der Waals surface area (Å²) < 4.78 is 0. The molecule has 2 atom stereocenters. The third kappa shape index (κ3) is 3.54. The zero-order valence-corrected chi connectivity index (χ0v) is 11.5. The Morgan fingerprint density at radius 3 is 3.00 bits per heavy atom. The van der Waals surface area contributed by atoms with Gasteiger partial charge in [-0.25, -0.2) is 0 Å². The predicted octanol–water partition coefficient (Wildman–Crippen LogP) is 1.77. The number of nitro groups is 1. The van der Waals surface area contributed by atoms with Gasteiger partial charge in [0, 0.05) is 18.7 Å². The smallest absolute Gasteiger partial charge is 0.269 e. The number of hydrogen-bond donors (Lipinski definition) is 2. The Kier molecular flexibility index (Phi) is 4.68. The molecule has 1 fully saturated rings. The van der Waals surface area contributed by atoms with E-state index in [1.54, 1.807) is 12.1 Å². The van der Waals surface area contributed by atoms with E-state index in [1.165, 1.54) is 12.1 Å². The average Bonchev–Trinajstić information content (AvgIpc) is 2.48. The first kappa shape index (κ1) is 14.5. The molecule has 1 saturated heterocycles. The molecule has 2 N–H and O–H groups in total. The summed E-state index contributed by atoms with van der Waals surface area (Å²) in [4.78, 5) is 22.4. The lowest BCUT2D eigenvalue weighted by Crippen LogP contribution is -2.41. The van der Waals surface area contributed by atoms with Crippen molar-refractivity contribution in [1.82, 2.24) is 10.6 Å². The number of benzene rings is 1. The van der Waals surface area contributed by atoms with E-state index in [0.29, 0.717) is 6.54 Å². The first-order valence-corrected chi connectivity index (χ1v) is 6.83. The minimum atomic E-state index is -0.427. The van der Waals surface area contributed by atoms with Crippen LogP contribution in [0.25, 0.3) is 0 Å². The first-order chi connectivity index (χ1) is 9.58. The van der Waals surface area contributed by atoms with Crippen LogP contribution in [-0.2, 0) is 4.79 Å². The second kappa shape index (κ2) is 6.47. The van der Waals surface area contributed by atoms with Crippen molar-refractivity contribution < 1.29 is 9.72 Å². The van der Waals surface area contributed by atoms with Gasteiger partial charge in [-0.2, -0.15) is 0 Å². The van der Waals surface area contributed by atoms with E-state index in [-0.39, 0.29) is 23.6 Å². The largest absolute Gasteiger partial charge is 0.349 e. The maximum absolute atomic E-state index is 12.1. The lowest BCUT2D eigenvalue weighted by molar-refractivity contribution is -0.384. The highest BCUT2D eigenvalue weighted by Crippen LogP contribution is 2.20. The third-order valence-electron chi connectivity index (χ3n) is 3.61. The summed E-state index contributed by atoms with van der Waals surface area (Å²) in [5.41, 5.74) is 0.791. The van der Waals surface area contributed by atoms with Crippen LogP contribution >= 0.6 is 0 Å². The predicted molar refractivity (Wildman–Crippen MR) is 75.2 cm³/mol. The molecule has 1 amide bonds. The summed E-state index contributed by atoms with van der Waals surface area (Å²) in [6, 6.07) is 6.15. The van der Waals surface area contributed by atoms with Crippen molar-refractivity contribution in [3.8, 4) is 0 Å². The van der Waals surface area contributed by atoms with Gasteiger partial charge < -0.3 is 10.6 Å². The number of amides is 1. The molecule has 108 valence electrons. The Hall–Kier alpha value is -1.95. The van der Waals surface area contributed by atoms with Gasteiger partial charge in [0.2, 0.25) is 5.91 Å². The molecule has 0 radical (unpaired) electrons. The summed E-state index contributed by atoms with van der Waals surface area (Å²) in [6.07, 6.45) is 1.89. The Morgan fingerprint density at radius 1 is 1.55 bits per heavy atom. The number of non-ortho nitro benzene ring substituents is 1. The minimum Gasteiger partial charge on any atom is -0.349 e. The highest BCUT2D eigenvalue weighted by molar-refractivity contribution is 5.79. The standard InChI is InChI=1S/C14H19N3O3/c1-10(11-4-2-6-13(8-11)17(19)20)16-14(18)12-5-3-7-15-9-12/h2,4,6,8,10,12,15H,3,5,7,9H2,1H3,(H,16,18)/t10?,12-/m1/s1. The quantitative estimate of drug-likeness (QED) is 0.649. The Labute approximate surface area is 117 Å². The minimum absolute atomic E-state index is 0.00935. The van der Waals surface area contributed by atoms with Crippen LogP contribution in [0.4, 0.5) is 5.69 Å². The number of nitro benzene ring substituents is 1. The SMILES string of the molecule is CC(NC(=O)[C@@H]1CCCNC1)c1cccc([N+](=O)[O-])c1. The Morgan fingerprint density at radius 2 is 2.35 bits per heavy atom. The molecule has 1 aliphatic rings. The van der Waals surface area contributed by atoms with E-state index in [2.05, 4.69) is 10.6 Å². The van der Waals surface area contributed by atoms with Gasteiger partial charge in [-0.3, -0.25) is 14.9 Å². The molecule has 0 aromatic heterocycles. The summed E-state index contributed by atoms with van der Waals surface area (Å²) in [7, 11) is 0. The van der Waals surface area contributed by atoms with Crippen LogP contribution < -0.4 is 10.6 Å². The molecule has 6 nitrogen and oxygen atoms in total. The fraction of sp³-hybridized carbons (Fsp3) is 0.500. The van der Waals surface area contributed by atoms with Crippen molar-refractivity contribution in [3.63, 3.8) is 0 Å². The average molecular weight is 277 g/mol. The lowest BCUT2D eigenvalue weighted by Gasteiger charge is -2.24. The number of rotatable bonds is 4. The third-order valence-corrected chi connectivity index (χ3v) is 3.61. The van der Waals surface area contributed by atoms with Gasteiger partial charge in [0.05, 0.1) is 16.9 Å². The molecule has 1 aromatic carbocycles. The zero-order valence-electron chi connectivity index (χ0n) is 11.5. The molecule has 0 saturated carbocycles. The van der Waals surface area contributed by atoms with Crippen LogP contribution in [0, 0.1) is 16.0 Å². The van der Waals surface area contributed by atoms with Gasteiger partial charge in [0.15, 0.2) is 0 Å². The van der Waals surface area contributed by atoms with E-state index < -0.39 is 4.92 Å². The maximum Gasteiger partial charge on any atom is 0.269 e. The van der Waals surface area contributed by atoms with E-state index >= 15 is 0 Å². The molecular formula is C14H19N3O3. The molecule has 0 aliphatic carbocycles. The topological polar surface area (TPSA) is 84.3 Å². The monoisotopic (exact) mass is 277 g/mol. The van der Waals surface area contributed by atoms with Crippen molar-refractivity contribution in [3.05, 3.63) is 39.9 Å². The van der Waals surface area contributed by atoms with Crippen molar-refractivity contribution in [2.75, 3.05) is 13.1 Å². The number of carbonyl (C=O) groups is 1. The highest BCUT2D eigenvalue weighted by Gasteiger charge is 2.22. The molecule has 1 heterocycles. The first-order valence-electron chi connectivity index (χ1n) is 6.83. The van der Waals surface area contributed by atoms with Gasteiger partial charge in [-0.1, -0.05) is 12.1 Å². The van der Waals surface area contributed by atoms with Crippen molar-refractivity contribution in [1.29, 1.82) is 0 Å². The van der Waals surface area contributed by atoms with Gasteiger partial charge in [-0.15, -0.1) is 0 Å². The normalized spacial score (nSPS) is 20.1. The summed E-state index contributed by atoms with van der Waals surface area (Å²) >= 11 is 0. The molecule has 0 spiro atoms. The lowest BCUT2D eigenvalue weighted by atomic mass is 9.98. The number of piperidine rings is 1. The van der Waals surface area contributed by atoms with Crippen LogP contribution in [0.1, 0.15) is 31.4 Å². The van der Waals surface area contributed by atoms with Crippen molar-refractivity contribution in [2.45, 2.75) is 25.8 Å². The summed E-state index contributed by atoms with van der Waals surface area (Å²) in [5.74, 6) is 0.00102. The fourth-order valence-electron chi connectivity index (χ4n) is 2.40. The Bertz CT molecular complexity index is 498. The van der Waals surface area contributed by atoms with Crippen LogP contribution in [0.2, 0.25) is 0 Å². The molecule has 0 bridgehead atoms. The highest BCUT2D eigenvalue weighted by atomic mass is 16.6. The van der Waals surface area contributed by atoms with E-state index in [1.807, 2.05) is 6.92 Å². The summed E-state index contributed by atoms with van der Waals surface area (Å²) in [5, 5.41) is 16.9. The van der Waals surface area contributed by atoms with Gasteiger partial charge in [0.25, 0.3) is 5.69 Å². The fourth-order valence-corrected chi connectivity index (χ4v) is 2.40. The molecule has 20 heavy (non-hydrogen) atoms. The molecule has 2 rings (SSSR count). The summed E-state index contributed by atoms with van der Waals surface area (Å²) in [6.45, 7) is 3.50. The van der Waals surface area contributed by atoms with E-state index in [9.17, 15) is 14.9 Å². The molecule has 1 aromatic rings. The van der Waals surface area contributed by atoms with Crippen molar-refractivity contribution in [2.24, 2.45) is 5.92 Å². The molecule has 1 aliphatic heterocycles. The van der Waals surface area contributed by atoms with Crippen LogP contribution in [-0.4, -0.2) is 23.9 Å². The Balaban J connectivity index is 2.00. The van der Waals surface area contributed by atoms with Gasteiger partial charge >= 0.3 is 0 Å². The number of carbonyl (C=O) groups excluding carboxylic acids is 1. The van der Waals surface area contributed by atoms with Gasteiger partial charge in [0.1, 0.15) is 0 Å². The number of hydrogen-bond acceptors (Lipinski definition) is 4. The van der Waals surface area contributed by atoms with Crippen LogP contribution in [0.15, 0.2) is 24.3 Å². The van der Waals surface area contributed by atoms with Crippen molar-refractivity contribution >= 4 is 11.6 Å². The zero-order chi connectivity index (χ0) is 14.5. The second-order valence-corrected chi connectivity index (χ2v) is 5.13.